The van der Waals surface area contributed by atoms with Crippen molar-refractivity contribution in [3.63, 3.8) is 0 Å². The van der Waals surface area contributed by atoms with E-state index in [0.29, 0.717) is 19.7 Å². The summed E-state index contributed by atoms with van der Waals surface area (Å²) in [7, 11) is 0. The van der Waals surface area contributed by atoms with Gasteiger partial charge in [0.15, 0.2) is 0 Å². The number of likely N-dealkylation sites (tertiary alicyclic amines) is 1. The molecule has 3 aromatic rings. The van der Waals surface area contributed by atoms with Gasteiger partial charge in [0.25, 0.3) is 5.91 Å². The summed E-state index contributed by atoms with van der Waals surface area (Å²) >= 11 is 3.60. The van der Waals surface area contributed by atoms with E-state index in [-0.39, 0.29) is 23.7 Å². The van der Waals surface area contributed by atoms with E-state index in [1.165, 1.54) is 0 Å². The van der Waals surface area contributed by atoms with Crippen LogP contribution in [0.25, 0.3) is 0 Å². The molecule has 5 nitrogen and oxygen atoms in total. The average Bonchev–Trinajstić information content (AvgIpc) is 2.92. The fourth-order valence-electron chi connectivity index (χ4n) is 5.47. The number of carbonyl (C=O) groups excluding carboxylic acids is 2. The van der Waals surface area contributed by atoms with Crippen molar-refractivity contribution < 1.29 is 19.1 Å². The van der Waals surface area contributed by atoms with E-state index >= 15 is 0 Å². The molecule has 0 aromatic heterocycles. The first kappa shape index (κ1) is 26.5. The van der Waals surface area contributed by atoms with Crippen molar-refractivity contribution in [2.24, 2.45) is 0 Å². The second-order valence-electron chi connectivity index (χ2n) is 10.4. The maximum absolute atomic E-state index is 12.8. The summed E-state index contributed by atoms with van der Waals surface area (Å²) in [6.07, 6.45) is 4.57. The van der Waals surface area contributed by atoms with Crippen LogP contribution in [0.2, 0.25) is 0 Å². The molecule has 2 aliphatic rings. The molecule has 1 saturated heterocycles. The Morgan fingerprint density at radius 3 is 2.37 bits per heavy atom. The van der Waals surface area contributed by atoms with Gasteiger partial charge in [-0.05, 0) is 86.2 Å². The third kappa shape index (κ3) is 6.12. The molecule has 1 aliphatic heterocycles. The minimum atomic E-state index is -0.0392. The van der Waals surface area contributed by atoms with Gasteiger partial charge in [-0.3, -0.25) is 9.59 Å². The van der Waals surface area contributed by atoms with Gasteiger partial charge in [0.2, 0.25) is 0 Å². The second-order valence-corrected chi connectivity index (χ2v) is 11.4. The minimum absolute atomic E-state index is 0.0392. The Hall–Kier alpha value is -3.12. The monoisotopic (exact) mass is 575 g/mol. The summed E-state index contributed by atoms with van der Waals surface area (Å²) < 4.78 is 13.4. The van der Waals surface area contributed by atoms with E-state index < -0.39 is 0 Å². The number of carbonyl (C=O) groups is 2. The molecule has 1 unspecified atom stereocenters. The fourth-order valence-corrected chi connectivity index (χ4v) is 5.93. The van der Waals surface area contributed by atoms with Crippen LogP contribution in [-0.4, -0.2) is 35.8 Å². The van der Waals surface area contributed by atoms with Crippen molar-refractivity contribution in [3.05, 3.63) is 93.0 Å². The van der Waals surface area contributed by atoms with Crippen LogP contribution in [0.1, 0.15) is 71.1 Å². The largest absolute Gasteiger partial charge is 0.490 e. The first-order valence-corrected chi connectivity index (χ1v) is 14.2. The van der Waals surface area contributed by atoms with E-state index in [4.69, 9.17) is 9.47 Å². The summed E-state index contributed by atoms with van der Waals surface area (Å²) in [5, 5.41) is 0. The summed E-state index contributed by atoms with van der Waals surface area (Å²) in [4.78, 5) is 26.9. The second kappa shape index (κ2) is 11.7. The number of nitrogens with zero attached hydrogens (tertiary/aromatic N) is 1. The first-order chi connectivity index (χ1) is 18.4. The number of ketones is 1. The molecule has 0 bridgehead atoms. The average molecular weight is 577 g/mol. The van der Waals surface area contributed by atoms with Gasteiger partial charge in [0.05, 0.1) is 0 Å². The number of hydrogen-bond donors (Lipinski definition) is 0. The number of ether oxygens (including phenoxy) is 2. The summed E-state index contributed by atoms with van der Waals surface area (Å²) in [5.41, 5.74) is 5.22. The maximum Gasteiger partial charge on any atom is 0.253 e. The van der Waals surface area contributed by atoms with Gasteiger partial charge in [-0.25, -0.2) is 0 Å². The number of aryl methyl sites for hydroxylation is 1. The maximum atomic E-state index is 12.8. The number of hydrogen-bond acceptors (Lipinski definition) is 4. The molecule has 1 amide bonds. The molecule has 1 fully saturated rings. The van der Waals surface area contributed by atoms with Crippen molar-refractivity contribution >= 4 is 27.6 Å². The number of benzene rings is 3. The molecule has 0 spiro atoms. The van der Waals surface area contributed by atoms with E-state index in [1.54, 1.807) is 6.92 Å². The predicted octanol–water partition coefficient (Wildman–Crippen LogP) is 7.03. The van der Waals surface area contributed by atoms with Crippen LogP contribution in [0, 0.1) is 6.92 Å². The summed E-state index contributed by atoms with van der Waals surface area (Å²) in [6, 6.07) is 19.9. The zero-order valence-electron chi connectivity index (χ0n) is 22.0. The highest BCUT2D eigenvalue weighted by atomic mass is 79.9. The fraction of sp³-hybridized carbons (Fsp3) is 0.375. The molecule has 198 valence electrons. The van der Waals surface area contributed by atoms with Crippen LogP contribution in [0.5, 0.6) is 11.5 Å². The smallest absolute Gasteiger partial charge is 0.253 e. The lowest BCUT2D eigenvalue weighted by Crippen LogP contribution is -2.41. The van der Waals surface area contributed by atoms with E-state index in [0.717, 1.165) is 75.9 Å². The number of fused-ring (bicyclic) bond motifs is 1. The van der Waals surface area contributed by atoms with E-state index in [1.807, 2.05) is 66.4 Å². The van der Waals surface area contributed by atoms with E-state index in [2.05, 4.69) is 22.0 Å². The molecule has 0 saturated carbocycles. The van der Waals surface area contributed by atoms with Gasteiger partial charge >= 0.3 is 0 Å². The third-order valence-corrected chi connectivity index (χ3v) is 8.10. The number of amides is 1. The van der Waals surface area contributed by atoms with Crippen LogP contribution in [-0.2, 0) is 17.8 Å². The Morgan fingerprint density at radius 2 is 1.68 bits per heavy atom. The lowest BCUT2D eigenvalue weighted by atomic mass is 9.80. The quantitative estimate of drug-likeness (QED) is 0.303. The summed E-state index contributed by atoms with van der Waals surface area (Å²) in [5.74, 6) is 1.96. The number of halogens is 1. The number of Topliss-reactive ketones (excluding diaryl/α,β-unsaturated/α-hetero) is 1. The topological polar surface area (TPSA) is 55.8 Å². The Balaban J connectivity index is 1.14. The van der Waals surface area contributed by atoms with Crippen LogP contribution in [0.4, 0.5) is 0 Å². The molecule has 1 aliphatic carbocycles. The van der Waals surface area contributed by atoms with Gasteiger partial charge in [-0.2, -0.15) is 0 Å². The zero-order valence-corrected chi connectivity index (χ0v) is 23.6. The Morgan fingerprint density at radius 1 is 0.974 bits per heavy atom. The molecule has 5 rings (SSSR count). The molecule has 0 N–H and O–H groups in total. The highest BCUT2D eigenvalue weighted by Gasteiger charge is 2.27. The highest BCUT2D eigenvalue weighted by Crippen LogP contribution is 2.40. The molecular formula is C32H34BrNO4. The van der Waals surface area contributed by atoms with Crippen molar-refractivity contribution in [1.82, 2.24) is 4.90 Å². The molecule has 0 radical (unpaired) electrons. The van der Waals surface area contributed by atoms with Crippen molar-refractivity contribution in [2.45, 2.75) is 64.6 Å². The molecular weight excluding hydrogens is 542 g/mol. The minimum Gasteiger partial charge on any atom is -0.490 e. The molecule has 6 heteroatoms. The van der Waals surface area contributed by atoms with Crippen molar-refractivity contribution in [3.8, 4) is 11.5 Å². The van der Waals surface area contributed by atoms with Crippen LogP contribution in [0.15, 0.2) is 65.1 Å². The van der Waals surface area contributed by atoms with Gasteiger partial charge in [0, 0.05) is 41.9 Å². The third-order valence-electron chi connectivity index (χ3n) is 7.64. The predicted molar refractivity (Wildman–Crippen MR) is 152 cm³/mol. The van der Waals surface area contributed by atoms with Crippen molar-refractivity contribution in [2.75, 3.05) is 13.1 Å². The Bertz CT molecular complexity index is 1290. The van der Waals surface area contributed by atoms with Crippen LogP contribution >= 0.6 is 15.9 Å². The summed E-state index contributed by atoms with van der Waals surface area (Å²) in [6.45, 7) is 5.55. The lowest BCUT2D eigenvalue weighted by Gasteiger charge is -2.32. The number of rotatable bonds is 7. The highest BCUT2D eigenvalue weighted by molar-refractivity contribution is 9.10. The Labute approximate surface area is 233 Å². The lowest BCUT2D eigenvalue weighted by molar-refractivity contribution is -0.118. The van der Waals surface area contributed by atoms with Gasteiger partial charge < -0.3 is 14.4 Å². The van der Waals surface area contributed by atoms with Crippen LogP contribution < -0.4 is 9.47 Å². The van der Waals surface area contributed by atoms with Gasteiger partial charge in [-0.15, -0.1) is 0 Å². The molecule has 38 heavy (non-hydrogen) atoms. The normalized spacial score (nSPS) is 17.6. The molecule has 1 heterocycles. The Kier molecular flexibility index (Phi) is 8.18. The molecule has 3 aromatic carbocycles. The first-order valence-electron chi connectivity index (χ1n) is 13.4. The van der Waals surface area contributed by atoms with Gasteiger partial charge in [0.1, 0.15) is 30.0 Å². The van der Waals surface area contributed by atoms with E-state index in [9.17, 15) is 9.59 Å². The van der Waals surface area contributed by atoms with Gasteiger partial charge in [-0.1, -0.05) is 45.8 Å². The van der Waals surface area contributed by atoms with Crippen molar-refractivity contribution in [1.29, 1.82) is 0 Å². The van der Waals surface area contributed by atoms with Crippen LogP contribution in [0.3, 0.4) is 0 Å². The SMILES string of the molecule is CC(=O)C1CCCc2c(OCc3ccc(OC4CCN(C(=O)c5ccc(C)cc5)CC4)cc3)cc(Br)cc21. The zero-order chi connectivity index (χ0) is 26.6. The number of piperidine rings is 1. The standard InChI is InChI=1S/C32H34BrNO4/c1-21-6-10-24(11-7-21)32(36)34-16-14-27(15-17-34)38-26-12-8-23(9-13-26)20-37-31-19-25(33)18-30-28(22(2)35)4-3-5-29(30)31/h6-13,18-19,27-28H,3-5,14-17,20H2,1-2H3. The molecule has 1 atom stereocenters.